The van der Waals surface area contributed by atoms with Gasteiger partial charge in [0.2, 0.25) is 5.91 Å². The number of carbonyl (C=O) groups is 1. The van der Waals surface area contributed by atoms with E-state index in [0.717, 1.165) is 32.7 Å². The van der Waals surface area contributed by atoms with Crippen molar-refractivity contribution in [1.82, 2.24) is 10.2 Å². The molecule has 1 unspecified atom stereocenters. The molecule has 0 aromatic heterocycles. The average Bonchev–Trinajstić information content (AvgIpc) is 2.96. The lowest BCUT2D eigenvalue weighted by Crippen LogP contribution is -2.34. The van der Waals surface area contributed by atoms with E-state index in [2.05, 4.69) is 40.5 Å². The number of nitrogens with one attached hydrogen (secondary N) is 1. The lowest BCUT2D eigenvalue weighted by Gasteiger charge is -2.19. The Kier molecular flexibility index (Phi) is 5.11. The summed E-state index contributed by atoms with van der Waals surface area (Å²) in [6.45, 7) is 6.65. The quantitative estimate of drug-likeness (QED) is 0.747. The number of ether oxygens (including phenoxy) is 1. The van der Waals surface area contributed by atoms with Gasteiger partial charge in [0.25, 0.3) is 0 Å². The highest BCUT2D eigenvalue weighted by Crippen LogP contribution is 2.45. The lowest BCUT2D eigenvalue weighted by atomic mass is 10.2. The van der Waals surface area contributed by atoms with Crippen molar-refractivity contribution in [2.24, 2.45) is 11.8 Å². The van der Waals surface area contributed by atoms with Crippen molar-refractivity contribution in [2.75, 3.05) is 26.3 Å². The molecular weight excluding hydrogens is 276 g/mol. The van der Waals surface area contributed by atoms with Gasteiger partial charge in [0.05, 0.1) is 0 Å². The van der Waals surface area contributed by atoms with E-state index in [1.54, 1.807) is 0 Å². The van der Waals surface area contributed by atoms with Crippen LogP contribution in [0.15, 0.2) is 30.3 Å². The summed E-state index contributed by atoms with van der Waals surface area (Å²) in [7, 11) is 0. The third kappa shape index (κ3) is 3.87. The highest BCUT2D eigenvalue weighted by Gasteiger charge is 2.56. The molecule has 1 aliphatic carbocycles. The Morgan fingerprint density at radius 3 is 2.68 bits per heavy atom. The Balaban J connectivity index is 1.34. The van der Waals surface area contributed by atoms with Crippen LogP contribution in [-0.4, -0.2) is 43.2 Å². The smallest absolute Gasteiger partial charge is 0.220 e. The first-order valence-corrected chi connectivity index (χ1v) is 8.41. The van der Waals surface area contributed by atoms with Crippen molar-refractivity contribution < 1.29 is 9.53 Å². The molecule has 1 amide bonds. The van der Waals surface area contributed by atoms with E-state index < -0.39 is 0 Å². The van der Waals surface area contributed by atoms with Crippen LogP contribution in [0.4, 0.5) is 0 Å². The third-order valence-electron chi connectivity index (χ3n) is 4.74. The molecule has 1 aliphatic heterocycles. The fraction of sp³-hybridized carbons (Fsp3) is 0.611. The molecule has 0 radical (unpaired) electrons. The molecule has 2 fully saturated rings. The predicted octanol–water partition coefficient (Wildman–Crippen LogP) is 2.05. The number of piperidine rings is 1. The number of fused-ring (bicyclic) bond motifs is 1. The maximum Gasteiger partial charge on any atom is 0.220 e. The maximum absolute atomic E-state index is 11.9. The summed E-state index contributed by atoms with van der Waals surface area (Å²) in [6.07, 6.45) is 1.41. The first-order valence-electron chi connectivity index (χ1n) is 8.41. The van der Waals surface area contributed by atoms with Gasteiger partial charge in [-0.15, -0.1) is 0 Å². The fourth-order valence-electron chi connectivity index (χ4n) is 3.54. The van der Waals surface area contributed by atoms with Crippen molar-refractivity contribution in [3.8, 4) is 0 Å². The van der Waals surface area contributed by atoms with Gasteiger partial charge in [0.1, 0.15) is 0 Å². The molecule has 1 heterocycles. The van der Waals surface area contributed by atoms with Gasteiger partial charge in [-0.3, -0.25) is 9.69 Å². The van der Waals surface area contributed by atoms with E-state index >= 15 is 0 Å². The summed E-state index contributed by atoms with van der Waals surface area (Å²) >= 11 is 0. The second-order valence-corrected chi connectivity index (χ2v) is 6.40. The zero-order valence-electron chi connectivity index (χ0n) is 13.3. The molecular formula is C18H26N2O2. The number of carbonyl (C=O) groups excluding carboxylic acids is 1. The number of likely N-dealkylation sites (tertiary alicyclic amines) is 1. The Labute approximate surface area is 132 Å². The van der Waals surface area contributed by atoms with Gasteiger partial charge in [-0.05, 0) is 30.7 Å². The van der Waals surface area contributed by atoms with Crippen molar-refractivity contribution >= 4 is 5.91 Å². The van der Waals surface area contributed by atoms with Crippen LogP contribution in [0.25, 0.3) is 0 Å². The first kappa shape index (κ1) is 15.5. The monoisotopic (exact) mass is 302 g/mol. The Morgan fingerprint density at radius 1 is 1.27 bits per heavy atom. The summed E-state index contributed by atoms with van der Waals surface area (Å²) in [5.41, 5.74) is 1.38. The molecule has 120 valence electrons. The molecule has 1 aromatic carbocycles. The summed E-state index contributed by atoms with van der Waals surface area (Å²) in [5.74, 6) is 1.52. The number of hydrogen-bond donors (Lipinski definition) is 1. The normalized spacial score (nSPS) is 26.7. The van der Waals surface area contributed by atoms with Crippen molar-refractivity contribution in [3.63, 3.8) is 0 Å². The molecule has 4 heteroatoms. The predicted molar refractivity (Wildman–Crippen MR) is 86.4 cm³/mol. The largest absolute Gasteiger partial charge is 0.382 e. The minimum atomic E-state index is 0.189. The summed E-state index contributed by atoms with van der Waals surface area (Å²) in [5, 5.41) is 3.20. The summed E-state index contributed by atoms with van der Waals surface area (Å²) < 4.78 is 5.26. The number of rotatable bonds is 8. The topological polar surface area (TPSA) is 41.6 Å². The highest BCUT2D eigenvalue weighted by molar-refractivity contribution is 5.76. The number of benzene rings is 1. The van der Waals surface area contributed by atoms with Crippen LogP contribution >= 0.6 is 0 Å². The summed E-state index contributed by atoms with van der Waals surface area (Å²) in [4.78, 5) is 14.4. The van der Waals surface area contributed by atoms with Gasteiger partial charge in [-0.25, -0.2) is 0 Å². The minimum absolute atomic E-state index is 0.189. The van der Waals surface area contributed by atoms with Gasteiger partial charge in [-0.1, -0.05) is 30.3 Å². The van der Waals surface area contributed by atoms with Crippen molar-refractivity contribution in [3.05, 3.63) is 35.9 Å². The van der Waals surface area contributed by atoms with Crippen LogP contribution in [0.5, 0.6) is 0 Å². The van der Waals surface area contributed by atoms with Gasteiger partial charge in [0, 0.05) is 45.3 Å². The standard InChI is InChI=1S/C18H26N2O2/c1-2-22-10-6-9-17(21)19-18-15-12-20(13-16(15)18)11-14-7-4-3-5-8-14/h3-5,7-8,15-16,18H,2,6,9-13H2,1H3,(H,19,21)/t15-,16+,18?. The van der Waals surface area contributed by atoms with E-state index in [0.29, 0.717) is 30.9 Å². The first-order chi connectivity index (χ1) is 10.8. The average molecular weight is 302 g/mol. The number of amides is 1. The van der Waals surface area contributed by atoms with Gasteiger partial charge in [0.15, 0.2) is 0 Å². The van der Waals surface area contributed by atoms with Crippen molar-refractivity contribution in [2.45, 2.75) is 32.4 Å². The molecule has 1 N–H and O–H groups in total. The molecule has 3 atom stereocenters. The van der Waals surface area contributed by atoms with Gasteiger partial charge < -0.3 is 10.1 Å². The van der Waals surface area contributed by atoms with E-state index in [4.69, 9.17) is 4.74 Å². The fourth-order valence-corrected chi connectivity index (χ4v) is 3.54. The Bertz CT molecular complexity index is 479. The van der Waals surface area contributed by atoms with Gasteiger partial charge in [-0.2, -0.15) is 0 Å². The molecule has 1 saturated carbocycles. The van der Waals surface area contributed by atoms with Crippen LogP contribution in [0.2, 0.25) is 0 Å². The molecule has 0 spiro atoms. The zero-order valence-corrected chi connectivity index (χ0v) is 13.3. The molecule has 3 rings (SSSR count). The Morgan fingerprint density at radius 2 is 2.00 bits per heavy atom. The minimum Gasteiger partial charge on any atom is -0.382 e. The van der Waals surface area contributed by atoms with E-state index in [-0.39, 0.29) is 5.91 Å². The SMILES string of the molecule is CCOCCCC(=O)NC1[C@H]2CN(Cc3ccccc3)C[C@@H]12. The second-order valence-electron chi connectivity index (χ2n) is 6.40. The lowest BCUT2D eigenvalue weighted by molar-refractivity contribution is -0.121. The molecule has 4 nitrogen and oxygen atoms in total. The molecule has 0 bridgehead atoms. The molecule has 1 saturated heterocycles. The summed E-state index contributed by atoms with van der Waals surface area (Å²) in [6, 6.07) is 11.0. The van der Waals surface area contributed by atoms with E-state index in [9.17, 15) is 4.79 Å². The Hall–Kier alpha value is -1.39. The van der Waals surface area contributed by atoms with Gasteiger partial charge >= 0.3 is 0 Å². The highest BCUT2D eigenvalue weighted by atomic mass is 16.5. The number of nitrogens with zero attached hydrogens (tertiary/aromatic N) is 1. The number of hydrogen-bond acceptors (Lipinski definition) is 3. The zero-order chi connectivity index (χ0) is 15.4. The van der Waals surface area contributed by atoms with Crippen LogP contribution in [0.1, 0.15) is 25.3 Å². The van der Waals surface area contributed by atoms with Crippen LogP contribution < -0.4 is 5.32 Å². The maximum atomic E-state index is 11.9. The van der Waals surface area contributed by atoms with Crippen molar-refractivity contribution in [1.29, 1.82) is 0 Å². The van der Waals surface area contributed by atoms with Crippen LogP contribution in [-0.2, 0) is 16.1 Å². The third-order valence-corrected chi connectivity index (χ3v) is 4.74. The van der Waals surface area contributed by atoms with E-state index in [1.807, 2.05) is 6.92 Å². The van der Waals surface area contributed by atoms with Crippen LogP contribution in [0, 0.1) is 11.8 Å². The molecule has 2 aliphatic rings. The van der Waals surface area contributed by atoms with Crippen LogP contribution in [0.3, 0.4) is 0 Å². The molecule has 1 aromatic rings. The van der Waals surface area contributed by atoms with E-state index in [1.165, 1.54) is 5.56 Å². The second kappa shape index (κ2) is 7.25. The molecule has 22 heavy (non-hydrogen) atoms.